The van der Waals surface area contributed by atoms with Crippen LogP contribution in [-0.2, 0) is 0 Å². The van der Waals surface area contributed by atoms with Crippen LogP contribution in [0.2, 0.25) is 36.3 Å². The lowest BCUT2D eigenvalue weighted by Crippen LogP contribution is -2.43. The number of pyridine rings is 3. The average molecular weight is 1120 g/mol. The first-order chi connectivity index (χ1) is 38.4. The van der Waals surface area contributed by atoms with Gasteiger partial charge in [-0.05, 0) is 142 Å². The molecule has 0 bridgehead atoms. The van der Waals surface area contributed by atoms with E-state index in [4.69, 9.17) is 19.7 Å². The summed E-state index contributed by atoms with van der Waals surface area (Å²) >= 11 is 0. The first-order valence-corrected chi connectivity index (χ1v) is 32.2. The van der Waals surface area contributed by atoms with E-state index in [1.165, 1.54) is 12.3 Å². The summed E-state index contributed by atoms with van der Waals surface area (Å²) in [6.07, 6.45) is 4.66. The molecule has 0 saturated carbocycles. The molecule has 0 atom stereocenters. The molecule has 13 nitrogen and oxygen atoms in total. The molecule has 0 unspecified atom stereocenters. The Bertz CT molecular complexity index is 3460. The van der Waals surface area contributed by atoms with Crippen LogP contribution >= 0.6 is 0 Å². The predicted octanol–water partition coefficient (Wildman–Crippen LogP) is 16.2. The number of aromatic nitrogens is 3. The lowest BCUT2D eigenvalue weighted by Gasteiger charge is -2.36. The van der Waals surface area contributed by atoms with Gasteiger partial charge in [-0.25, -0.2) is 19.7 Å². The Morgan fingerprint density at radius 3 is 1.11 bits per heavy atom. The molecule has 3 aromatic heterocycles. The molecule has 0 spiro atoms. The van der Waals surface area contributed by atoms with Crippen LogP contribution in [0.5, 0.6) is 17.2 Å². The molecule has 0 aliphatic heterocycles. The Balaban J connectivity index is 0.000000181. The van der Waals surface area contributed by atoms with E-state index in [1.807, 2.05) is 146 Å². The quantitative estimate of drug-likeness (QED) is 0.0730. The molecule has 416 valence electrons. The summed E-state index contributed by atoms with van der Waals surface area (Å²) in [6, 6.07) is 61.8. The summed E-state index contributed by atoms with van der Waals surface area (Å²) in [5.41, 5.74) is 13.1. The molecule has 0 aliphatic rings. The van der Waals surface area contributed by atoms with E-state index in [1.54, 1.807) is 60.9 Å². The van der Waals surface area contributed by atoms with Gasteiger partial charge in [0.1, 0.15) is 34.7 Å². The van der Waals surface area contributed by atoms with Gasteiger partial charge in [0.25, 0.3) is 28.4 Å². The lowest BCUT2D eigenvalue weighted by atomic mass is 10.0. The normalized spacial score (nSPS) is 11.1. The number of nitrogens with one attached hydrogen (secondary N) is 2. The van der Waals surface area contributed by atoms with Gasteiger partial charge < -0.3 is 35.4 Å². The number of rotatable bonds is 12. The zero-order valence-electron chi connectivity index (χ0n) is 47.6. The van der Waals surface area contributed by atoms with Gasteiger partial charge in [0, 0.05) is 11.1 Å². The number of hydrogen-bond acceptors (Lipinski definition) is 10. The van der Waals surface area contributed by atoms with Crippen LogP contribution < -0.4 is 25.2 Å². The van der Waals surface area contributed by atoms with Crippen molar-refractivity contribution in [2.45, 2.75) is 77.8 Å². The number of carbonyl (C=O) groups is 3. The second-order valence-corrected chi connectivity index (χ2v) is 31.4. The molecule has 2 amide bonds. The van der Waals surface area contributed by atoms with E-state index >= 15 is 0 Å². The van der Waals surface area contributed by atoms with Crippen molar-refractivity contribution >= 4 is 51.9 Å². The molecule has 0 aliphatic carbocycles. The van der Waals surface area contributed by atoms with Crippen molar-refractivity contribution in [3.63, 3.8) is 0 Å². The smallest absolute Gasteiger partial charge is 0.335 e. The van der Waals surface area contributed by atoms with Crippen LogP contribution in [0.25, 0.3) is 33.4 Å². The van der Waals surface area contributed by atoms with Crippen LogP contribution in [0.4, 0.5) is 17.5 Å². The van der Waals surface area contributed by atoms with E-state index in [2.05, 4.69) is 93.3 Å². The van der Waals surface area contributed by atoms with Crippen molar-refractivity contribution in [1.82, 2.24) is 15.0 Å². The maximum atomic E-state index is 12.7. The Hall–Kier alpha value is -9.19. The monoisotopic (exact) mass is 1120 g/mol. The fourth-order valence-electron chi connectivity index (χ4n) is 7.10. The molecule has 0 radical (unpaired) electrons. The molecule has 6 aromatic carbocycles. The number of anilines is 3. The first kappa shape index (κ1) is 61.0. The Morgan fingerprint density at radius 1 is 0.432 bits per heavy atom. The zero-order valence-corrected chi connectivity index (χ0v) is 49.6. The first-order valence-electron chi connectivity index (χ1n) is 26.4. The molecular formula is C66H72N6O7Si2. The minimum Gasteiger partial charge on any atom is -0.542 e. The maximum Gasteiger partial charge on any atom is 0.335 e. The summed E-state index contributed by atoms with van der Waals surface area (Å²) < 4.78 is 12.3. The van der Waals surface area contributed by atoms with Gasteiger partial charge in [0.2, 0.25) is 0 Å². The second kappa shape index (κ2) is 27.6. The van der Waals surface area contributed by atoms with Gasteiger partial charge in [0.05, 0.1) is 24.2 Å². The van der Waals surface area contributed by atoms with Gasteiger partial charge >= 0.3 is 5.97 Å². The van der Waals surface area contributed by atoms with Gasteiger partial charge in [0.15, 0.2) is 0 Å². The van der Waals surface area contributed by atoms with Crippen LogP contribution in [0, 0.1) is 0 Å². The Kier molecular flexibility index (Phi) is 20.8. The number of nitrogens with two attached hydrogens (primary N) is 1. The van der Waals surface area contributed by atoms with E-state index in [9.17, 15) is 19.5 Å². The Labute approximate surface area is 478 Å². The summed E-state index contributed by atoms with van der Waals surface area (Å²) in [5.74, 6) is 1.71. The summed E-state index contributed by atoms with van der Waals surface area (Å²) in [7, 11) is -3.66. The Morgan fingerprint density at radius 2 is 0.778 bits per heavy atom. The maximum absolute atomic E-state index is 12.7. The zero-order chi connectivity index (χ0) is 58.8. The largest absolute Gasteiger partial charge is 0.542 e. The number of hydrogen-bond donors (Lipinski definition) is 5. The SMILES string of the molecule is CC(C)(C)[Si](C)(C)Oc1ccc(N)nc1.CC(C)(C)[Si](C)(C)Oc1ccc(NC(=O)c2cccc(-c3ccccc3)c2)nc1.O=C(Nc1ccc(O)cn1)c1cccc(-c2ccccc2)c1.O=C(O)c1cccc(-c2ccccc2)c1. The highest BCUT2D eigenvalue weighted by Gasteiger charge is 2.40. The highest BCUT2D eigenvalue weighted by molar-refractivity contribution is 6.75. The molecule has 15 heteroatoms. The van der Waals surface area contributed by atoms with Crippen molar-refractivity contribution in [3.05, 3.63) is 235 Å². The number of benzene rings is 6. The van der Waals surface area contributed by atoms with Crippen LogP contribution in [0.15, 0.2) is 219 Å². The van der Waals surface area contributed by atoms with E-state index in [0.717, 1.165) is 44.9 Å². The number of nitrogens with zero attached hydrogens (tertiary/aromatic N) is 3. The third-order valence-corrected chi connectivity index (χ3v) is 22.5. The highest BCUT2D eigenvalue weighted by atomic mass is 28.4. The van der Waals surface area contributed by atoms with Crippen molar-refractivity contribution in [1.29, 1.82) is 0 Å². The topological polar surface area (TPSA) is 199 Å². The summed E-state index contributed by atoms with van der Waals surface area (Å²) in [4.78, 5) is 48.0. The number of carboxylic acid groups (broad SMARTS) is 1. The van der Waals surface area contributed by atoms with Crippen molar-refractivity contribution in [2.24, 2.45) is 0 Å². The average Bonchev–Trinajstić information content (AvgIpc) is 3.47. The van der Waals surface area contributed by atoms with E-state index < -0.39 is 22.6 Å². The summed E-state index contributed by atoms with van der Waals surface area (Å²) in [6.45, 7) is 22.1. The molecule has 6 N–H and O–H groups in total. The van der Waals surface area contributed by atoms with Crippen molar-refractivity contribution in [2.75, 3.05) is 16.4 Å². The number of aromatic carboxylic acids is 1. The molecular weight excluding hydrogens is 1040 g/mol. The summed E-state index contributed by atoms with van der Waals surface area (Å²) in [5, 5.41) is 23.9. The standard InChI is InChI=1S/C24H28N2O2Si.C18H14N2O2.C13H10O2.C11H20N2OSi/c1-24(2,3)29(4,5)28-21-14-15-22(25-17-21)26-23(27)20-13-9-12-19(16-20)18-10-7-6-8-11-18;21-16-9-10-17(19-12-16)20-18(22)15-8-4-7-14(11-15)13-5-2-1-3-6-13;14-13(15)12-8-4-7-11(9-12)10-5-2-1-3-6-10;1-11(2,3)15(4,5)14-9-6-7-10(12)13-8-9/h6-17H,1-5H3,(H,25,26,27);1-12,21H,(H,19,20,22);1-9H,(H,14,15);6-8H,1-5H3,(H2,12,13). The molecule has 3 heterocycles. The van der Waals surface area contributed by atoms with E-state index in [0.29, 0.717) is 34.1 Å². The molecule has 0 saturated heterocycles. The lowest BCUT2D eigenvalue weighted by molar-refractivity contribution is 0.0696. The number of carbonyl (C=O) groups excluding carboxylic acids is 2. The molecule has 9 rings (SSSR count). The van der Waals surface area contributed by atoms with Gasteiger partial charge in [-0.15, -0.1) is 0 Å². The number of amides is 2. The van der Waals surface area contributed by atoms with Crippen LogP contribution in [-0.4, -0.2) is 59.6 Å². The molecule has 9 aromatic rings. The van der Waals surface area contributed by atoms with E-state index in [-0.39, 0.29) is 27.6 Å². The minimum absolute atomic E-state index is 0.0593. The second-order valence-electron chi connectivity index (χ2n) is 22.0. The third-order valence-electron chi connectivity index (χ3n) is 13.8. The number of aromatic hydroxyl groups is 1. The predicted molar refractivity (Wildman–Crippen MR) is 333 cm³/mol. The van der Waals surface area contributed by atoms with Crippen molar-refractivity contribution < 1.29 is 33.4 Å². The van der Waals surface area contributed by atoms with Gasteiger partial charge in [-0.3, -0.25) is 9.59 Å². The third kappa shape index (κ3) is 18.5. The number of carboxylic acids is 1. The van der Waals surface area contributed by atoms with Crippen molar-refractivity contribution in [3.8, 4) is 50.6 Å². The van der Waals surface area contributed by atoms with Crippen LogP contribution in [0.3, 0.4) is 0 Å². The fraction of sp³-hybridized carbons (Fsp3) is 0.182. The molecule has 0 fully saturated rings. The highest BCUT2D eigenvalue weighted by Crippen LogP contribution is 2.38. The van der Waals surface area contributed by atoms with Crippen LogP contribution in [0.1, 0.15) is 72.6 Å². The number of nitrogen functional groups attached to an aromatic ring is 1. The fourth-order valence-corrected chi connectivity index (χ4v) is 9.14. The minimum atomic E-state index is -1.91. The molecule has 81 heavy (non-hydrogen) atoms. The van der Waals surface area contributed by atoms with Gasteiger partial charge in [-0.1, -0.05) is 169 Å². The van der Waals surface area contributed by atoms with Gasteiger partial charge in [-0.2, -0.15) is 0 Å².